The van der Waals surface area contributed by atoms with E-state index in [4.69, 9.17) is 5.73 Å². The van der Waals surface area contributed by atoms with Crippen molar-refractivity contribution in [2.24, 2.45) is 11.1 Å². The van der Waals surface area contributed by atoms with Crippen molar-refractivity contribution in [2.45, 2.75) is 31.9 Å². The average Bonchev–Trinajstić information content (AvgIpc) is 2.87. The molecule has 6 heteroatoms. The number of aromatic nitrogens is 1. The van der Waals surface area contributed by atoms with E-state index in [0.717, 1.165) is 31.3 Å². The zero-order valence-electron chi connectivity index (χ0n) is 10.3. The predicted octanol–water partition coefficient (Wildman–Crippen LogP) is 2.80. The number of alkyl halides is 3. The number of nitrogens with zero attached hydrogens (tertiary/aromatic N) is 1. The summed E-state index contributed by atoms with van der Waals surface area (Å²) in [5.41, 5.74) is 3.52. The van der Waals surface area contributed by atoms with Gasteiger partial charge in [-0.15, -0.1) is 0 Å². The van der Waals surface area contributed by atoms with Crippen molar-refractivity contribution in [3.05, 3.63) is 29.6 Å². The molecule has 1 fully saturated rings. The Kier molecular flexibility index (Phi) is 3.62. The molecule has 1 saturated carbocycles. The first-order valence-corrected chi connectivity index (χ1v) is 6.17. The van der Waals surface area contributed by atoms with Crippen LogP contribution in [0.4, 0.5) is 13.2 Å². The second-order valence-corrected chi connectivity index (χ2v) is 4.94. The van der Waals surface area contributed by atoms with Gasteiger partial charge in [-0.2, -0.15) is 13.2 Å². The number of hydrogen-bond donors (Lipinski definition) is 1. The Morgan fingerprint density at radius 3 is 2.53 bits per heavy atom. The normalized spacial score (nSPS) is 18.5. The third-order valence-corrected chi connectivity index (χ3v) is 3.80. The van der Waals surface area contributed by atoms with Crippen molar-refractivity contribution in [3.63, 3.8) is 0 Å². The van der Waals surface area contributed by atoms with Gasteiger partial charge in [0.2, 0.25) is 0 Å². The molecule has 0 aromatic carbocycles. The van der Waals surface area contributed by atoms with Gasteiger partial charge in [0, 0.05) is 29.9 Å². The number of carbonyl (C=O) groups excluding carboxylic acids is 1. The molecule has 1 aromatic rings. The molecule has 0 spiro atoms. The monoisotopic (exact) mass is 272 g/mol. The zero-order valence-corrected chi connectivity index (χ0v) is 10.3. The summed E-state index contributed by atoms with van der Waals surface area (Å²) in [5, 5.41) is 0. The van der Waals surface area contributed by atoms with Crippen molar-refractivity contribution in [1.82, 2.24) is 4.98 Å². The predicted molar refractivity (Wildman–Crippen MR) is 63.5 cm³/mol. The molecule has 2 N–H and O–H groups in total. The Morgan fingerprint density at radius 2 is 2.00 bits per heavy atom. The van der Waals surface area contributed by atoms with E-state index in [2.05, 4.69) is 4.98 Å². The van der Waals surface area contributed by atoms with Crippen LogP contribution in [0.2, 0.25) is 0 Å². The molecule has 0 radical (unpaired) electrons. The molecule has 1 aromatic heterocycles. The number of pyridine rings is 1. The van der Waals surface area contributed by atoms with Gasteiger partial charge in [-0.25, -0.2) is 0 Å². The van der Waals surface area contributed by atoms with Crippen LogP contribution in [0, 0.1) is 5.41 Å². The van der Waals surface area contributed by atoms with Crippen LogP contribution in [-0.2, 0) is 6.18 Å². The summed E-state index contributed by atoms with van der Waals surface area (Å²) in [6.07, 6.45) is 0.241. The first-order chi connectivity index (χ1) is 8.91. The van der Waals surface area contributed by atoms with E-state index in [1.165, 1.54) is 0 Å². The third kappa shape index (κ3) is 2.49. The number of rotatable bonds is 3. The fraction of sp³-hybridized carbons (Fsp3) is 0.538. The molecule has 104 valence electrons. The van der Waals surface area contributed by atoms with Gasteiger partial charge in [-0.3, -0.25) is 9.78 Å². The average molecular weight is 272 g/mol. The quantitative estimate of drug-likeness (QED) is 0.861. The summed E-state index contributed by atoms with van der Waals surface area (Å²) in [5.74, 6) is -0.520. The smallest absolute Gasteiger partial charge is 0.329 e. The maximum atomic E-state index is 12.9. The highest BCUT2D eigenvalue weighted by molar-refractivity contribution is 6.02. The van der Waals surface area contributed by atoms with Crippen molar-refractivity contribution in [2.75, 3.05) is 6.54 Å². The molecule has 19 heavy (non-hydrogen) atoms. The summed E-state index contributed by atoms with van der Waals surface area (Å²) in [6, 6.07) is 0.840. The fourth-order valence-electron chi connectivity index (χ4n) is 2.68. The second kappa shape index (κ2) is 4.92. The first kappa shape index (κ1) is 14.0. The lowest BCUT2D eigenvalue weighted by Crippen LogP contribution is -2.37. The van der Waals surface area contributed by atoms with E-state index in [9.17, 15) is 18.0 Å². The Hall–Kier alpha value is -1.43. The van der Waals surface area contributed by atoms with Crippen molar-refractivity contribution in [1.29, 1.82) is 0 Å². The summed E-state index contributed by atoms with van der Waals surface area (Å²) >= 11 is 0. The molecule has 0 atom stereocenters. The lowest BCUT2D eigenvalue weighted by Gasteiger charge is -2.26. The van der Waals surface area contributed by atoms with Crippen molar-refractivity contribution in [3.8, 4) is 0 Å². The van der Waals surface area contributed by atoms with Gasteiger partial charge in [0.1, 0.15) is 0 Å². The van der Waals surface area contributed by atoms with Crippen molar-refractivity contribution >= 4 is 5.78 Å². The van der Waals surface area contributed by atoms with Crippen molar-refractivity contribution < 1.29 is 18.0 Å². The topological polar surface area (TPSA) is 56.0 Å². The van der Waals surface area contributed by atoms with E-state index in [1.54, 1.807) is 0 Å². The van der Waals surface area contributed by atoms with Gasteiger partial charge in [0.05, 0.1) is 5.56 Å². The Bertz CT molecular complexity index is 479. The lowest BCUT2D eigenvalue weighted by molar-refractivity contribution is -0.138. The van der Waals surface area contributed by atoms with E-state index < -0.39 is 22.9 Å². The van der Waals surface area contributed by atoms with Crippen LogP contribution in [0.15, 0.2) is 18.5 Å². The number of Topliss-reactive ketones (excluding diaryl/α,β-unsaturated/α-hetero) is 1. The summed E-state index contributed by atoms with van der Waals surface area (Å²) in [7, 11) is 0. The highest BCUT2D eigenvalue weighted by atomic mass is 19.4. The van der Waals surface area contributed by atoms with Crippen LogP contribution >= 0.6 is 0 Å². The summed E-state index contributed by atoms with van der Waals surface area (Å²) < 4.78 is 38.7. The van der Waals surface area contributed by atoms with Crippen LogP contribution in [0.25, 0.3) is 0 Å². The maximum Gasteiger partial charge on any atom is 0.417 e. The van der Waals surface area contributed by atoms with Gasteiger partial charge < -0.3 is 5.73 Å². The molecule has 3 nitrogen and oxygen atoms in total. The molecule has 0 aliphatic heterocycles. The molecule has 0 saturated heterocycles. The largest absolute Gasteiger partial charge is 0.417 e. The van der Waals surface area contributed by atoms with E-state index in [1.807, 2.05) is 0 Å². The minimum atomic E-state index is -4.55. The number of hydrogen-bond acceptors (Lipinski definition) is 3. The summed E-state index contributed by atoms with van der Waals surface area (Å²) in [6.45, 7) is 0.0814. The van der Waals surface area contributed by atoms with E-state index in [-0.39, 0.29) is 12.1 Å². The lowest BCUT2D eigenvalue weighted by atomic mass is 9.78. The number of ketones is 1. The third-order valence-electron chi connectivity index (χ3n) is 3.80. The molecule has 1 heterocycles. The van der Waals surface area contributed by atoms with E-state index >= 15 is 0 Å². The maximum absolute atomic E-state index is 12.9. The molecule has 0 bridgehead atoms. The van der Waals surface area contributed by atoms with Crippen LogP contribution in [0.3, 0.4) is 0 Å². The second-order valence-electron chi connectivity index (χ2n) is 4.94. The minimum absolute atomic E-state index is 0.0814. The number of nitrogens with two attached hydrogens (primary N) is 1. The van der Waals surface area contributed by atoms with Gasteiger partial charge in [-0.05, 0) is 18.9 Å². The standard InChI is InChI=1S/C13H15F3N2O/c14-13(15,16)10-3-6-18-7-9(10)11(19)12(8-17)4-1-2-5-12/h3,6-7H,1-2,4-5,8,17H2. The zero-order chi connectivity index (χ0) is 14.1. The number of carbonyl (C=O) groups is 1. The molecule has 0 unspecified atom stereocenters. The van der Waals surface area contributed by atoms with Gasteiger partial charge >= 0.3 is 6.18 Å². The molecule has 2 rings (SSSR count). The number of halogens is 3. The molecular formula is C13H15F3N2O. The molecule has 0 amide bonds. The minimum Gasteiger partial charge on any atom is -0.329 e. The molecule has 1 aliphatic rings. The highest BCUT2D eigenvalue weighted by Gasteiger charge is 2.44. The Balaban J connectivity index is 2.45. The fourth-order valence-corrected chi connectivity index (χ4v) is 2.68. The van der Waals surface area contributed by atoms with Gasteiger partial charge in [-0.1, -0.05) is 12.8 Å². The van der Waals surface area contributed by atoms with Gasteiger partial charge in [0.15, 0.2) is 5.78 Å². The first-order valence-electron chi connectivity index (χ1n) is 6.17. The Labute approximate surface area is 109 Å². The van der Waals surface area contributed by atoms with Gasteiger partial charge in [0.25, 0.3) is 0 Å². The molecular weight excluding hydrogens is 257 g/mol. The van der Waals surface area contributed by atoms with E-state index in [0.29, 0.717) is 12.8 Å². The van der Waals surface area contributed by atoms with Crippen LogP contribution in [-0.4, -0.2) is 17.3 Å². The van der Waals surface area contributed by atoms with Crippen LogP contribution < -0.4 is 5.73 Å². The summed E-state index contributed by atoms with van der Waals surface area (Å²) in [4.78, 5) is 16.1. The highest BCUT2D eigenvalue weighted by Crippen LogP contribution is 2.42. The van der Waals surface area contributed by atoms with Crippen LogP contribution in [0.5, 0.6) is 0 Å². The van der Waals surface area contributed by atoms with Crippen LogP contribution in [0.1, 0.15) is 41.6 Å². The Morgan fingerprint density at radius 1 is 1.37 bits per heavy atom. The molecule has 1 aliphatic carbocycles. The SMILES string of the molecule is NCC1(C(=O)c2cnccc2C(F)(F)F)CCCC1.